The standard InChI is InChI=1S/C34H43F3N4O3.C8H10S/c35-34(36,37)28-10-6-26(7-11-28)23-40-20-16-33(17-21-40)24-41(32(43)44-33)30-12-8-27(9-13-30)31(42)38-29-14-18-39(19-15-29)22-25-4-2-1-3-5-25;1-9-7-8-5-3-2-4-6-8/h1-7,10-11,27,29-30H,8-9,12-24H2,(H,38,42);2-6H,7H2,1H3. The summed E-state index contributed by atoms with van der Waals surface area (Å²) in [5.41, 5.74) is 2.43. The molecule has 1 N–H and O–H groups in total. The Balaban J connectivity index is 0.000000468. The van der Waals surface area contributed by atoms with Crippen molar-refractivity contribution in [2.24, 2.45) is 5.92 Å². The van der Waals surface area contributed by atoms with Crippen LogP contribution < -0.4 is 5.32 Å². The summed E-state index contributed by atoms with van der Waals surface area (Å²) in [7, 11) is 0. The van der Waals surface area contributed by atoms with Crippen molar-refractivity contribution in [2.75, 3.05) is 39.0 Å². The van der Waals surface area contributed by atoms with Crippen LogP contribution in [0.25, 0.3) is 0 Å². The highest BCUT2D eigenvalue weighted by molar-refractivity contribution is 7.97. The van der Waals surface area contributed by atoms with E-state index in [-0.39, 0.29) is 30.0 Å². The number of nitrogens with one attached hydrogen (secondary N) is 1. The van der Waals surface area contributed by atoms with Gasteiger partial charge in [0.1, 0.15) is 5.60 Å². The molecule has 1 aliphatic carbocycles. The van der Waals surface area contributed by atoms with Gasteiger partial charge in [-0.1, -0.05) is 72.8 Å². The fourth-order valence-corrected chi connectivity index (χ4v) is 8.68. The number of benzene rings is 3. The third-order valence-corrected chi connectivity index (χ3v) is 11.9. The number of amides is 2. The van der Waals surface area contributed by atoms with E-state index in [1.54, 1.807) is 0 Å². The molecule has 4 aliphatic rings. The molecule has 0 aromatic heterocycles. The number of alkyl halides is 3. The Morgan fingerprint density at radius 2 is 1.32 bits per heavy atom. The molecular weight excluding hydrogens is 698 g/mol. The number of ether oxygens (including phenoxy) is 1. The molecule has 7 nitrogen and oxygen atoms in total. The first-order chi connectivity index (χ1) is 25.6. The summed E-state index contributed by atoms with van der Waals surface area (Å²) < 4.78 is 44.6. The van der Waals surface area contributed by atoms with Gasteiger partial charge in [0.25, 0.3) is 0 Å². The van der Waals surface area contributed by atoms with Crippen molar-refractivity contribution < 1.29 is 27.5 Å². The number of carbonyl (C=O) groups excluding carboxylic acids is 2. The van der Waals surface area contributed by atoms with Gasteiger partial charge in [-0.2, -0.15) is 24.9 Å². The molecule has 53 heavy (non-hydrogen) atoms. The molecule has 0 atom stereocenters. The fraction of sp³-hybridized carbons (Fsp3) is 0.524. The highest BCUT2D eigenvalue weighted by atomic mass is 32.2. The van der Waals surface area contributed by atoms with Crippen LogP contribution in [0.15, 0.2) is 84.9 Å². The molecule has 0 bridgehead atoms. The lowest BCUT2D eigenvalue weighted by molar-refractivity contribution is -0.137. The lowest BCUT2D eigenvalue weighted by Crippen LogP contribution is -2.49. The zero-order valence-electron chi connectivity index (χ0n) is 30.7. The maximum absolute atomic E-state index is 13.1. The van der Waals surface area contributed by atoms with Gasteiger partial charge in [0.2, 0.25) is 5.91 Å². The van der Waals surface area contributed by atoms with Crippen LogP contribution in [-0.2, 0) is 34.6 Å². The number of hydrogen-bond donors (Lipinski definition) is 1. The van der Waals surface area contributed by atoms with Crippen LogP contribution in [0, 0.1) is 5.92 Å². The van der Waals surface area contributed by atoms with E-state index in [1.807, 2.05) is 28.8 Å². The average molecular weight is 751 g/mol. The molecule has 1 spiro atoms. The Morgan fingerprint density at radius 3 is 1.89 bits per heavy atom. The Morgan fingerprint density at radius 1 is 0.774 bits per heavy atom. The minimum atomic E-state index is -4.33. The molecule has 2 amide bonds. The molecule has 0 unspecified atom stereocenters. The topological polar surface area (TPSA) is 65.1 Å². The van der Waals surface area contributed by atoms with Gasteiger partial charge in [-0.05, 0) is 73.6 Å². The largest absolute Gasteiger partial charge is 0.441 e. The monoisotopic (exact) mass is 750 g/mol. The summed E-state index contributed by atoms with van der Waals surface area (Å²) in [4.78, 5) is 32.6. The second-order valence-electron chi connectivity index (χ2n) is 15.1. The lowest BCUT2D eigenvalue weighted by atomic mass is 9.83. The Bertz CT molecular complexity index is 1590. The maximum atomic E-state index is 13.1. The van der Waals surface area contributed by atoms with Gasteiger partial charge in [-0.3, -0.25) is 14.6 Å². The third-order valence-electron chi connectivity index (χ3n) is 11.3. The first-order valence-corrected chi connectivity index (χ1v) is 20.5. The number of nitrogens with zero attached hydrogens (tertiary/aromatic N) is 3. The molecule has 3 aliphatic heterocycles. The summed E-state index contributed by atoms with van der Waals surface area (Å²) >= 11 is 1.85. The van der Waals surface area contributed by atoms with Gasteiger partial charge in [0.15, 0.2) is 0 Å². The Kier molecular flexibility index (Phi) is 13.4. The smallest absolute Gasteiger partial charge is 0.416 e. The van der Waals surface area contributed by atoms with E-state index in [9.17, 15) is 22.8 Å². The number of thioether (sulfide) groups is 1. The van der Waals surface area contributed by atoms with Crippen molar-refractivity contribution in [1.29, 1.82) is 0 Å². The number of hydrogen-bond acceptors (Lipinski definition) is 6. The SMILES string of the molecule is CSCc1ccccc1.O=C(NC1CCN(Cc2ccccc2)CC1)C1CCC(N2CC3(CCN(Cc4ccc(C(F)(F)F)cc4)CC3)OC2=O)CC1. The van der Waals surface area contributed by atoms with Crippen LogP contribution in [0.1, 0.15) is 73.6 Å². The molecule has 286 valence electrons. The molecule has 1 saturated carbocycles. The van der Waals surface area contributed by atoms with Gasteiger partial charge in [-0.25, -0.2) is 4.79 Å². The van der Waals surface area contributed by atoms with E-state index >= 15 is 0 Å². The van der Waals surface area contributed by atoms with Crippen molar-refractivity contribution in [3.05, 3.63) is 107 Å². The first-order valence-electron chi connectivity index (χ1n) is 19.1. The molecular formula is C42H53F3N4O3S. The molecule has 3 aromatic rings. The van der Waals surface area contributed by atoms with E-state index in [0.717, 1.165) is 94.7 Å². The number of piperidine rings is 2. The molecule has 3 aromatic carbocycles. The van der Waals surface area contributed by atoms with Crippen LogP contribution in [-0.4, -0.2) is 83.4 Å². The highest BCUT2D eigenvalue weighted by Crippen LogP contribution is 2.38. The van der Waals surface area contributed by atoms with Crippen LogP contribution in [0.4, 0.5) is 18.0 Å². The summed E-state index contributed by atoms with van der Waals surface area (Å²) in [5.74, 6) is 1.28. The second kappa shape index (κ2) is 18.2. The maximum Gasteiger partial charge on any atom is 0.416 e. The summed E-state index contributed by atoms with van der Waals surface area (Å²) in [6.45, 7) is 5.51. The fourth-order valence-electron chi connectivity index (χ4n) is 8.15. The molecule has 7 rings (SSSR count). The molecule has 11 heteroatoms. The number of carbonyl (C=O) groups is 2. The van der Waals surface area contributed by atoms with Gasteiger partial charge in [0.05, 0.1) is 12.1 Å². The number of rotatable bonds is 9. The normalized spacial score (nSPS) is 22.6. The van der Waals surface area contributed by atoms with Crippen LogP contribution in [0.2, 0.25) is 0 Å². The highest BCUT2D eigenvalue weighted by Gasteiger charge is 2.49. The second-order valence-corrected chi connectivity index (χ2v) is 16.0. The number of likely N-dealkylation sites (tertiary alicyclic amines) is 2. The van der Waals surface area contributed by atoms with Crippen molar-refractivity contribution in [3.63, 3.8) is 0 Å². The van der Waals surface area contributed by atoms with Crippen molar-refractivity contribution in [3.8, 4) is 0 Å². The minimum Gasteiger partial charge on any atom is -0.441 e. The zero-order valence-corrected chi connectivity index (χ0v) is 31.6. The van der Waals surface area contributed by atoms with Gasteiger partial charge >= 0.3 is 12.3 Å². The zero-order chi connectivity index (χ0) is 37.3. The Labute approximate surface area is 316 Å². The quantitative estimate of drug-likeness (QED) is 0.237. The first kappa shape index (κ1) is 39.2. The minimum absolute atomic E-state index is 0.00498. The van der Waals surface area contributed by atoms with Crippen molar-refractivity contribution >= 4 is 23.8 Å². The van der Waals surface area contributed by atoms with Crippen LogP contribution >= 0.6 is 11.8 Å². The lowest BCUT2D eigenvalue weighted by Gasteiger charge is -2.38. The Hall–Kier alpha value is -3.54. The predicted octanol–water partition coefficient (Wildman–Crippen LogP) is 8.38. The van der Waals surface area contributed by atoms with Crippen LogP contribution in [0.3, 0.4) is 0 Å². The van der Waals surface area contributed by atoms with E-state index < -0.39 is 17.3 Å². The van der Waals surface area contributed by atoms with Gasteiger partial charge in [0, 0.05) is 75.9 Å². The van der Waals surface area contributed by atoms with Gasteiger partial charge < -0.3 is 15.0 Å². The van der Waals surface area contributed by atoms with Crippen molar-refractivity contribution in [1.82, 2.24) is 20.0 Å². The van der Waals surface area contributed by atoms with E-state index in [4.69, 9.17) is 4.74 Å². The van der Waals surface area contributed by atoms with Crippen LogP contribution in [0.5, 0.6) is 0 Å². The summed E-state index contributed by atoms with van der Waals surface area (Å²) in [6, 6.07) is 26.7. The van der Waals surface area contributed by atoms with E-state index in [1.165, 1.54) is 23.3 Å². The van der Waals surface area contributed by atoms with E-state index in [0.29, 0.717) is 25.9 Å². The van der Waals surface area contributed by atoms with E-state index in [2.05, 4.69) is 69.9 Å². The molecule has 3 heterocycles. The third kappa shape index (κ3) is 11.0. The van der Waals surface area contributed by atoms with Crippen molar-refractivity contribution in [2.45, 2.75) is 94.1 Å². The molecule has 4 fully saturated rings. The molecule has 0 radical (unpaired) electrons. The average Bonchev–Trinajstić information content (AvgIpc) is 3.49. The predicted molar refractivity (Wildman–Crippen MR) is 204 cm³/mol. The summed E-state index contributed by atoms with van der Waals surface area (Å²) in [6.07, 6.45) is 4.05. The summed E-state index contributed by atoms with van der Waals surface area (Å²) in [5, 5.41) is 3.32. The molecule has 3 saturated heterocycles. The van der Waals surface area contributed by atoms with Gasteiger partial charge in [-0.15, -0.1) is 0 Å². The number of halogens is 3.